The molecule has 2 aliphatic heterocycles. The number of aromatic nitrogens is 1. The van der Waals surface area contributed by atoms with Crippen LogP contribution in [0.15, 0.2) is 42.5 Å². The first-order valence-electron chi connectivity index (χ1n) is 9.44. The molecule has 1 aromatic heterocycles. The fourth-order valence-corrected chi connectivity index (χ4v) is 6.46. The molecule has 2 saturated heterocycles. The van der Waals surface area contributed by atoms with Gasteiger partial charge in [-0.2, -0.15) is 0 Å². The molecule has 4 heteroatoms. The highest BCUT2D eigenvalue weighted by atomic mass is 35.5. The highest BCUT2D eigenvalue weighted by Gasteiger charge is 2.47. The lowest BCUT2D eigenvalue weighted by atomic mass is 9.76. The first-order valence-corrected chi connectivity index (χ1v) is 10.6. The van der Waals surface area contributed by atoms with E-state index in [1.807, 2.05) is 23.5 Å². The number of fused-ring (bicyclic) bond motifs is 3. The standard InChI is InChI=1S/C22H23ClN2S/c1-13-3-9-18-20(11-13)26-22(24-18)21-17(14-4-6-15(23)7-5-14)12-16-8-10-19(21)25(16)2/h3-7,9,11,16-17,19,21H,8,10,12H2,1-2H3/t16-,17?,19?,21+/m1/s1. The van der Waals surface area contributed by atoms with E-state index in [0.29, 0.717) is 23.9 Å². The van der Waals surface area contributed by atoms with E-state index in [1.54, 1.807) is 0 Å². The Morgan fingerprint density at radius 2 is 1.92 bits per heavy atom. The number of hydrogen-bond donors (Lipinski definition) is 0. The Morgan fingerprint density at radius 1 is 1.12 bits per heavy atom. The highest BCUT2D eigenvalue weighted by molar-refractivity contribution is 7.18. The van der Waals surface area contributed by atoms with E-state index in [1.165, 1.54) is 40.1 Å². The maximum absolute atomic E-state index is 6.15. The number of benzene rings is 2. The van der Waals surface area contributed by atoms with Crippen molar-refractivity contribution in [3.05, 3.63) is 63.6 Å². The second kappa shape index (κ2) is 6.33. The van der Waals surface area contributed by atoms with E-state index in [9.17, 15) is 0 Å². The predicted octanol–water partition coefficient (Wildman–Crippen LogP) is 5.99. The summed E-state index contributed by atoms with van der Waals surface area (Å²) in [6.07, 6.45) is 3.81. The van der Waals surface area contributed by atoms with Crippen molar-refractivity contribution >= 4 is 33.2 Å². The zero-order valence-corrected chi connectivity index (χ0v) is 16.7. The summed E-state index contributed by atoms with van der Waals surface area (Å²) in [6.45, 7) is 2.16. The second-order valence-corrected chi connectivity index (χ2v) is 9.41. The average molecular weight is 383 g/mol. The van der Waals surface area contributed by atoms with Crippen LogP contribution < -0.4 is 0 Å². The molecule has 2 unspecified atom stereocenters. The summed E-state index contributed by atoms with van der Waals surface area (Å²) >= 11 is 8.04. The van der Waals surface area contributed by atoms with E-state index < -0.39 is 0 Å². The summed E-state index contributed by atoms with van der Waals surface area (Å²) in [5.74, 6) is 1.00. The van der Waals surface area contributed by atoms with Gasteiger partial charge in [-0.25, -0.2) is 4.98 Å². The van der Waals surface area contributed by atoms with Gasteiger partial charge in [-0.15, -0.1) is 11.3 Å². The van der Waals surface area contributed by atoms with Crippen LogP contribution in [0.1, 0.15) is 47.2 Å². The van der Waals surface area contributed by atoms with Crippen LogP contribution in [0.25, 0.3) is 10.2 Å². The van der Waals surface area contributed by atoms with Gasteiger partial charge in [0, 0.05) is 23.0 Å². The minimum Gasteiger partial charge on any atom is -0.300 e. The SMILES string of the molecule is Cc1ccc2nc([C@H]3C(c4ccc(Cl)cc4)C[C@H]4CCC3N4C)sc2c1. The number of halogens is 1. The van der Waals surface area contributed by atoms with Crippen molar-refractivity contribution in [3.8, 4) is 0 Å². The van der Waals surface area contributed by atoms with Crippen molar-refractivity contribution in [1.82, 2.24) is 9.88 Å². The lowest BCUT2D eigenvalue weighted by Gasteiger charge is -2.42. The lowest BCUT2D eigenvalue weighted by Crippen LogP contribution is -2.44. The fraction of sp³-hybridized carbons (Fsp3) is 0.409. The van der Waals surface area contributed by atoms with Gasteiger partial charge in [-0.1, -0.05) is 29.8 Å². The number of likely N-dealkylation sites (N-methyl/N-ethyl adjacent to an activating group) is 1. The monoisotopic (exact) mass is 382 g/mol. The van der Waals surface area contributed by atoms with E-state index in [0.717, 1.165) is 10.5 Å². The molecule has 2 aromatic carbocycles. The minimum atomic E-state index is 0.470. The Labute approximate surface area is 163 Å². The summed E-state index contributed by atoms with van der Waals surface area (Å²) in [7, 11) is 2.31. The van der Waals surface area contributed by atoms with E-state index in [4.69, 9.17) is 16.6 Å². The van der Waals surface area contributed by atoms with Crippen LogP contribution in [0.5, 0.6) is 0 Å². The average Bonchev–Trinajstić information content (AvgIpc) is 3.13. The third-order valence-electron chi connectivity index (χ3n) is 6.41. The number of hydrogen-bond acceptors (Lipinski definition) is 3. The molecule has 4 atom stereocenters. The number of nitrogens with zero attached hydrogens (tertiary/aromatic N) is 2. The Hall–Kier alpha value is -1.42. The van der Waals surface area contributed by atoms with Gasteiger partial charge >= 0.3 is 0 Å². The molecule has 0 radical (unpaired) electrons. The molecule has 0 spiro atoms. The van der Waals surface area contributed by atoms with Gasteiger partial charge in [0.15, 0.2) is 0 Å². The Morgan fingerprint density at radius 3 is 2.73 bits per heavy atom. The van der Waals surface area contributed by atoms with Crippen molar-refractivity contribution in [2.24, 2.45) is 0 Å². The van der Waals surface area contributed by atoms with Crippen molar-refractivity contribution < 1.29 is 0 Å². The smallest absolute Gasteiger partial charge is 0.0991 e. The lowest BCUT2D eigenvalue weighted by molar-refractivity contribution is 0.137. The van der Waals surface area contributed by atoms with Crippen LogP contribution in [0.3, 0.4) is 0 Å². The van der Waals surface area contributed by atoms with E-state index in [-0.39, 0.29) is 0 Å². The van der Waals surface area contributed by atoms with Crippen LogP contribution in [0.4, 0.5) is 0 Å². The fourth-order valence-electron chi connectivity index (χ4n) is 5.05. The van der Waals surface area contributed by atoms with Gasteiger partial charge < -0.3 is 0 Å². The second-order valence-electron chi connectivity index (χ2n) is 7.91. The molecule has 134 valence electrons. The summed E-state index contributed by atoms with van der Waals surface area (Å²) < 4.78 is 1.32. The Kier molecular flexibility index (Phi) is 4.07. The number of thiazole rings is 1. The third-order valence-corrected chi connectivity index (χ3v) is 7.78. The zero-order valence-electron chi connectivity index (χ0n) is 15.2. The van der Waals surface area contributed by atoms with Crippen molar-refractivity contribution in [1.29, 1.82) is 0 Å². The molecule has 2 nitrogen and oxygen atoms in total. The molecule has 0 amide bonds. The van der Waals surface area contributed by atoms with Gasteiger partial charge in [0.25, 0.3) is 0 Å². The summed E-state index contributed by atoms with van der Waals surface area (Å²) in [5, 5.41) is 2.12. The first-order chi connectivity index (χ1) is 12.6. The van der Waals surface area contributed by atoms with Crippen LogP contribution in [-0.2, 0) is 0 Å². The van der Waals surface area contributed by atoms with Crippen LogP contribution in [0, 0.1) is 6.92 Å². The normalized spacial score (nSPS) is 28.7. The maximum atomic E-state index is 6.15. The first kappa shape index (κ1) is 16.7. The molecule has 2 bridgehead atoms. The largest absolute Gasteiger partial charge is 0.300 e. The molecular weight excluding hydrogens is 360 g/mol. The summed E-state index contributed by atoms with van der Waals surface area (Å²) in [4.78, 5) is 7.71. The van der Waals surface area contributed by atoms with Crippen LogP contribution in [0.2, 0.25) is 5.02 Å². The van der Waals surface area contributed by atoms with E-state index >= 15 is 0 Å². The van der Waals surface area contributed by atoms with Gasteiger partial charge in [-0.3, -0.25) is 4.90 Å². The quantitative estimate of drug-likeness (QED) is 0.541. The number of rotatable bonds is 2. The van der Waals surface area contributed by atoms with E-state index in [2.05, 4.69) is 49.2 Å². The van der Waals surface area contributed by atoms with Gasteiger partial charge in [-0.05, 0) is 74.5 Å². The Bertz CT molecular complexity index is 948. The highest BCUT2D eigenvalue weighted by Crippen LogP contribution is 2.52. The van der Waals surface area contributed by atoms with Gasteiger partial charge in [0.1, 0.15) is 0 Å². The van der Waals surface area contributed by atoms with Gasteiger partial charge in [0.05, 0.1) is 15.2 Å². The molecule has 2 fully saturated rings. The van der Waals surface area contributed by atoms with Crippen LogP contribution in [-0.4, -0.2) is 29.0 Å². The molecule has 0 aliphatic carbocycles. The molecule has 0 saturated carbocycles. The topological polar surface area (TPSA) is 16.1 Å². The van der Waals surface area contributed by atoms with Crippen molar-refractivity contribution in [2.75, 3.05) is 7.05 Å². The molecule has 5 rings (SSSR count). The van der Waals surface area contributed by atoms with Crippen molar-refractivity contribution in [3.63, 3.8) is 0 Å². The molecule has 3 heterocycles. The summed E-state index contributed by atoms with van der Waals surface area (Å²) in [5.41, 5.74) is 3.87. The third kappa shape index (κ3) is 2.69. The minimum absolute atomic E-state index is 0.470. The number of aryl methyl sites for hydroxylation is 1. The molecule has 0 N–H and O–H groups in total. The maximum Gasteiger partial charge on any atom is 0.0991 e. The van der Waals surface area contributed by atoms with Crippen LogP contribution >= 0.6 is 22.9 Å². The molecule has 3 aromatic rings. The molecule has 2 aliphatic rings. The van der Waals surface area contributed by atoms with Crippen molar-refractivity contribution in [2.45, 2.75) is 50.1 Å². The summed E-state index contributed by atoms with van der Waals surface area (Å²) in [6, 6.07) is 16.4. The molecule has 26 heavy (non-hydrogen) atoms. The Balaban J connectivity index is 1.61. The van der Waals surface area contributed by atoms with Gasteiger partial charge in [0.2, 0.25) is 0 Å². The predicted molar refractivity (Wildman–Crippen MR) is 110 cm³/mol. The zero-order chi connectivity index (χ0) is 17.8. The number of piperidine rings is 1. The molecular formula is C22H23ClN2S.